The Morgan fingerprint density at radius 2 is 1.65 bits per heavy atom. The summed E-state index contributed by atoms with van der Waals surface area (Å²) in [6.45, 7) is 0. The Labute approximate surface area is 122 Å². The molecule has 98 valence electrons. The molecule has 3 heteroatoms. The SMILES string of the molecule is O=C1C=C(c2ccc(Cl)cc2)O/C1=C\c1ccccc1. The van der Waals surface area contributed by atoms with Gasteiger partial charge in [0, 0.05) is 16.7 Å². The van der Waals surface area contributed by atoms with Crippen LogP contribution in [0.1, 0.15) is 11.1 Å². The molecule has 3 rings (SSSR count). The standard InChI is InChI=1S/C17H11ClO2/c18-14-8-6-13(7-9-14)16-11-15(19)17(20-16)10-12-4-2-1-3-5-12/h1-11H/b17-10-. The lowest BCUT2D eigenvalue weighted by Gasteiger charge is -2.04. The maximum Gasteiger partial charge on any atom is 0.224 e. The van der Waals surface area contributed by atoms with Crippen LogP contribution in [0.3, 0.4) is 0 Å². The van der Waals surface area contributed by atoms with Crippen LogP contribution in [0.5, 0.6) is 0 Å². The summed E-state index contributed by atoms with van der Waals surface area (Å²) < 4.78 is 5.63. The summed E-state index contributed by atoms with van der Waals surface area (Å²) in [5.41, 5.74) is 1.76. The largest absolute Gasteiger partial charge is 0.452 e. The van der Waals surface area contributed by atoms with Gasteiger partial charge in [-0.1, -0.05) is 41.9 Å². The van der Waals surface area contributed by atoms with Gasteiger partial charge >= 0.3 is 0 Å². The average Bonchev–Trinajstić information content (AvgIpc) is 2.82. The Morgan fingerprint density at radius 1 is 0.950 bits per heavy atom. The molecule has 2 aromatic carbocycles. The van der Waals surface area contributed by atoms with Crippen molar-refractivity contribution in [1.29, 1.82) is 0 Å². The number of benzene rings is 2. The third-order valence-electron chi connectivity index (χ3n) is 2.95. The zero-order valence-corrected chi connectivity index (χ0v) is 11.3. The Morgan fingerprint density at radius 3 is 2.35 bits per heavy atom. The van der Waals surface area contributed by atoms with E-state index in [2.05, 4.69) is 0 Å². The number of carbonyl (C=O) groups is 1. The van der Waals surface area contributed by atoms with Crippen LogP contribution in [0, 0.1) is 0 Å². The molecule has 0 fully saturated rings. The van der Waals surface area contributed by atoms with Crippen molar-refractivity contribution in [1.82, 2.24) is 0 Å². The molecule has 0 saturated carbocycles. The Balaban J connectivity index is 1.86. The summed E-state index contributed by atoms with van der Waals surface area (Å²) in [6.07, 6.45) is 3.24. The summed E-state index contributed by atoms with van der Waals surface area (Å²) in [5.74, 6) is 0.758. The molecule has 1 aliphatic heterocycles. The summed E-state index contributed by atoms with van der Waals surface area (Å²) in [6, 6.07) is 16.8. The molecule has 0 bridgehead atoms. The lowest BCUT2D eigenvalue weighted by atomic mass is 10.1. The van der Waals surface area contributed by atoms with E-state index in [1.165, 1.54) is 6.08 Å². The fourth-order valence-corrected chi connectivity index (χ4v) is 2.07. The zero-order valence-electron chi connectivity index (χ0n) is 10.5. The normalized spacial score (nSPS) is 16.1. The van der Waals surface area contributed by atoms with Gasteiger partial charge in [0.15, 0.2) is 5.76 Å². The van der Waals surface area contributed by atoms with Gasteiger partial charge in [0.25, 0.3) is 0 Å². The van der Waals surface area contributed by atoms with Gasteiger partial charge in [0.2, 0.25) is 5.78 Å². The van der Waals surface area contributed by atoms with E-state index < -0.39 is 0 Å². The summed E-state index contributed by atoms with van der Waals surface area (Å²) in [4.78, 5) is 11.9. The van der Waals surface area contributed by atoms with Gasteiger partial charge in [0.1, 0.15) is 5.76 Å². The predicted molar refractivity (Wildman–Crippen MR) is 79.9 cm³/mol. The van der Waals surface area contributed by atoms with Crippen molar-refractivity contribution in [2.24, 2.45) is 0 Å². The van der Waals surface area contributed by atoms with Crippen LogP contribution in [0.2, 0.25) is 5.02 Å². The first-order valence-corrected chi connectivity index (χ1v) is 6.57. The molecule has 0 N–H and O–H groups in total. The van der Waals surface area contributed by atoms with Gasteiger partial charge in [-0.3, -0.25) is 4.79 Å². The minimum absolute atomic E-state index is 0.126. The van der Waals surface area contributed by atoms with Crippen molar-refractivity contribution in [3.8, 4) is 0 Å². The van der Waals surface area contributed by atoms with Crippen LogP contribution in [-0.2, 0) is 9.53 Å². The lowest BCUT2D eigenvalue weighted by Crippen LogP contribution is -1.92. The number of hydrogen-bond donors (Lipinski definition) is 0. The van der Waals surface area contributed by atoms with E-state index in [-0.39, 0.29) is 5.78 Å². The van der Waals surface area contributed by atoms with Crippen LogP contribution in [0.15, 0.2) is 66.4 Å². The van der Waals surface area contributed by atoms with Crippen LogP contribution in [0.25, 0.3) is 11.8 Å². The summed E-state index contributed by atoms with van der Waals surface area (Å²) in [7, 11) is 0. The van der Waals surface area contributed by atoms with Crippen LogP contribution < -0.4 is 0 Å². The lowest BCUT2D eigenvalue weighted by molar-refractivity contribution is -0.112. The molecule has 0 atom stereocenters. The minimum Gasteiger partial charge on any atom is -0.452 e. The highest BCUT2D eigenvalue weighted by Gasteiger charge is 2.21. The van der Waals surface area contributed by atoms with Crippen LogP contribution in [-0.4, -0.2) is 5.78 Å². The van der Waals surface area contributed by atoms with Gasteiger partial charge in [-0.25, -0.2) is 0 Å². The monoisotopic (exact) mass is 282 g/mol. The molecule has 1 aliphatic rings. The molecular weight excluding hydrogens is 272 g/mol. The van der Waals surface area contributed by atoms with Gasteiger partial charge in [-0.05, 0) is 35.9 Å². The van der Waals surface area contributed by atoms with E-state index in [0.29, 0.717) is 16.5 Å². The highest BCUT2D eigenvalue weighted by Crippen LogP contribution is 2.28. The van der Waals surface area contributed by atoms with Gasteiger partial charge in [-0.2, -0.15) is 0 Å². The molecule has 0 spiro atoms. The molecule has 0 aliphatic carbocycles. The quantitative estimate of drug-likeness (QED) is 0.767. The van der Waals surface area contributed by atoms with Crippen molar-refractivity contribution < 1.29 is 9.53 Å². The molecule has 0 saturated heterocycles. The fraction of sp³-hybridized carbons (Fsp3) is 0. The van der Waals surface area contributed by atoms with Crippen LogP contribution >= 0.6 is 11.6 Å². The molecule has 20 heavy (non-hydrogen) atoms. The molecule has 2 nitrogen and oxygen atoms in total. The van der Waals surface area contributed by atoms with Crippen LogP contribution in [0.4, 0.5) is 0 Å². The van der Waals surface area contributed by atoms with Gasteiger partial charge < -0.3 is 4.74 Å². The minimum atomic E-state index is -0.126. The number of hydrogen-bond acceptors (Lipinski definition) is 2. The van der Waals surface area contributed by atoms with E-state index >= 15 is 0 Å². The van der Waals surface area contributed by atoms with Crippen molar-refractivity contribution >= 4 is 29.2 Å². The second kappa shape index (κ2) is 5.35. The second-order valence-electron chi connectivity index (χ2n) is 4.40. The highest BCUT2D eigenvalue weighted by molar-refractivity contribution is 6.30. The van der Waals surface area contributed by atoms with E-state index in [1.807, 2.05) is 42.5 Å². The summed E-state index contributed by atoms with van der Waals surface area (Å²) >= 11 is 5.84. The Kier molecular flexibility index (Phi) is 3.40. The maximum atomic E-state index is 11.9. The molecule has 1 heterocycles. The first-order valence-electron chi connectivity index (χ1n) is 6.19. The van der Waals surface area contributed by atoms with Crippen molar-refractivity contribution in [3.63, 3.8) is 0 Å². The van der Waals surface area contributed by atoms with Crippen molar-refractivity contribution in [2.45, 2.75) is 0 Å². The third kappa shape index (κ3) is 2.65. The number of ether oxygens (including phenoxy) is 1. The topological polar surface area (TPSA) is 26.3 Å². The number of ketones is 1. The van der Waals surface area contributed by atoms with E-state index in [9.17, 15) is 4.79 Å². The smallest absolute Gasteiger partial charge is 0.224 e. The Hall–Kier alpha value is -2.32. The highest BCUT2D eigenvalue weighted by atomic mass is 35.5. The van der Waals surface area contributed by atoms with E-state index in [1.54, 1.807) is 18.2 Å². The summed E-state index contributed by atoms with van der Waals surface area (Å²) in [5, 5.41) is 0.652. The fourth-order valence-electron chi connectivity index (χ4n) is 1.95. The first-order chi connectivity index (χ1) is 9.72. The molecule has 2 aromatic rings. The molecule has 0 amide bonds. The molecular formula is C17H11ClO2. The van der Waals surface area contributed by atoms with E-state index in [0.717, 1.165) is 11.1 Å². The molecule has 0 unspecified atom stereocenters. The van der Waals surface area contributed by atoms with Crippen molar-refractivity contribution in [3.05, 3.63) is 82.6 Å². The zero-order chi connectivity index (χ0) is 13.9. The number of carbonyl (C=O) groups excluding carboxylic acids is 1. The molecule has 0 radical (unpaired) electrons. The number of rotatable bonds is 2. The van der Waals surface area contributed by atoms with Crippen molar-refractivity contribution in [2.75, 3.05) is 0 Å². The first kappa shape index (κ1) is 12.7. The Bertz CT molecular complexity index is 698. The molecule has 0 aromatic heterocycles. The number of allylic oxidation sites excluding steroid dienone is 1. The average molecular weight is 283 g/mol. The number of halogens is 1. The maximum absolute atomic E-state index is 11.9. The second-order valence-corrected chi connectivity index (χ2v) is 4.84. The van der Waals surface area contributed by atoms with Gasteiger partial charge in [0.05, 0.1) is 0 Å². The predicted octanol–water partition coefficient (Wildman–Crippen LogP) is 4.32. The van der Waals surface area contributed by atoms with Gasteiger partial charge in [-0.15, -0.1) is 0 Å². The third-order valence-corrected chi connectivity index (χ3v) is 3.20. The van der Waals surface area contributed by atoms with E-state index in [4.69, 9.17) is 16.3 Å².